The van der Waals surface area contributed by atoms with Crippen LogP contribution in [-0.4, -0.2) is 30.7 Å². The lowest BCUT2D eigenvalue weighted by Gasteiger charge is -2.09. The Balaban J connectivity index is 1.80. The van der Waals surface area contributed by atoms with Crippen LogP contribution < -0.4 is 10.1 Å². The molecule has 0 fully saturated rings. The summed E-state index contributed by atoms with van der Waals surface area (Å²) < 4.78 is 14.8. The number of aromatic nitrogens is 1. The molecule has 1 aromatic carbocycles. The van der Waals surface area contributed by atoms with E-state index < -0.39 is 18.5 Å². The zero-order valence-electron chi connectivity index (χ0n) is 12.3. The lowest BCUT2D eigenvalue weighted by atomic mass is 10.2. The van der Waals surface area contributed by atoms with Gasteiger partial charge in [-0.1, -0.05) is 23.4 Å². The number of methoxy groups -OCH3 is 1. The van der Waals surface area contributed by atoms with Crippen LogP contribution in [0.2, 0.25) is 0 Å². The van der Waals surface area contributed by atoms with E-state index in [-0.39, 0.29) is 12.3 Å². The third-order valence-corrected chi connectivity index (χ3v) is 2.83. The van der Waals surface area contributed by atoms with Gasteiger partial charge in [0.05, 0.1) is 12.8 Å². The van der Waals surface area contributed by atoms with Crippen molar-refractivity contribution >= 4 is 11.9 Å². The maximum absolute atomic E-state index is 11.7. The Hall–Kier alpha value is -2.83. The van der Waals surface area contributed by atoms with Crippen molar-refractivity contribution in [1.29, 1.82) is 0 Å². The lowest BCUT2D eigenvalue weighted by molar-refractivity contribution is -0.124. The van der Waals surface area contributed by atoms with Gasteiger partial charge in [-0.2, -0.15) is 0 Å². The highest BCUT2D eigenvalue weighted by molar-refractivity contribution is 5.88. The number of nitrogens with zero attached hydrogens (tertiary/aromatic N) is 1. The van der Waals surface area contributed by atoms with E-state index in [1.165, 1.54) is 6.07 Å². The van der Waals surface area contributed by atoms with Crippen molar-refractivity contribution in [2.75, 3.05) is 13.7 Å². The zero-order valence-corrected chi connectivity index (χ0v) is 12.3. The first kappa shape index (κ1) is 15.6. The number of aryl methyl sites for hydroxylation is 1. The molecule has 116 valence electrons. The molecule has 0 atom stereocenters. The number of nitrogens with one attached hydrogen (secondary N) is 1. The average molecular weight is 304 g/mol. The fourth-order valence-electron chi connectivity index (χ4n) is 1.76. The van der Waals surface area contributed by atoms with E-state index in [9.17, 15) is 9.59 Å². The number of carbonyl (C=O) groups excluding carboxylic acids is 2. The maximum atomic E-state index is 11.7. The quantitative estimate of drug-likeness (QED) is 0.813. The highest BCUT2D eigenvalue weighted by atomic mass is 16.6. The molecule has 0 radical (unpaired) electrons. The van der Waals surface area contributed by atoms with E-state index in [0.29, 0.717) is 11.4 Å². The van der Waals surface area contributed by atoms with E-state index in [1.54, 1.807) is 20.1 Å². The second-order valence-electron chi connectivity index (χ2n) is 4.50. The van der Waals surface area contributed by atoms with Gasteiger partial charge in [0.15, 0.2) is 6.61 Å². The number of amides is 1. The van der Waals surface area contributed by atoms with Crippen LogP contribution in [0.3, 0.4) is 0 Å². The van der Waals surface area contributed by atoms with Crippen LogP contribution in [0.15, 0.2) is 34.9 Å². The number of benzene rings is 1. The minimum absolute atomic E-state index is 0.0324. The summed E-state index contributed by atoms with van der Waals surface area (Å²) in [5.74, 6) is -0.504. The summed E-state index contributed by atoms with van der Waals surface area (Å²) in [7, 11) is 1.56. The molecule has 0 aliphatic carbocycles. The monoisotopic (exact) mass is 304 g/mol. The third kappa shape index (κ3) is 4.08. The van der Waals surface area contributed by atoms with Crippen molar-refractivity contribution in [3.63, 3.8) is 0 Å². The van der Waals surface area contributed by atoms with Crippen LogP contribution in [-0.2, 0) is 16.1 Å². The number of hydrogen-bond acceptors (Lipinski definition) is 6. The number of rotatable bonds is 6. The van der Waals surface area contributed by atoms with Gasteiger partial charge in [-0.05, 0) is 13.0 Å². The molecule has 0 saturated heterocycles. The normalized spacial score (nSPS) is 10.1. The number of hydrogen-bond donors (Lipinski definition) is 1. The van der Waals surface area contributed by atoms with Crippen LogP contribution in [0, 0.1) is 6.92 Å². The van der Waals surface area contributed by atoms with Gasteiger partial charge in [-0.25, -0.2) is 4.79 Å². The largest absolute Gasteiger partial charge is 0.496 e. The number of carbonyl (C=O) groups is 2. The fraction of sp³-hybridized carbons (Fsp3) is 0.267. The van der Waals surface area contributed by atoms with Crippen molar-refractivity contribution in [2.45, 2.75) is 13.5 Å². The van der Waals surface area contributed by atoms with Gasteiger partial charge in [0, 0.05) is 18.2 Å². The Labute approximate surface area is 127 Å². The van der Waals surface area contributed by atoms with Crippen LogP contribution in [0.5, 0.6) is 5.75 Å². The van der Waals surface area contributed by atoms with Crippen molar-refractivity contribution in [3.8, 4) is 5.75 Å². The Morgan fingerprint density at radius 1 is 1.32 bits per heavy atom. The molecule has 0 aliphatic rings. The molecule has 1 aromatic heterocycles. The highest BCUT2D eigenvalue weighted by Crippen LogP contribution is 2.16. The number of ether oxygens (including phenoxy) is 2. The molecule has 0 bridgehead atoms. The van der Waals surface area contributed by atoms with Gasteiger partial charge < -0.3 is 19.3 Å². The smallest absolute Gasteiger partial charge is 0.377 e. The first-order valence-electron chi connectivity index (χ1n) is 6.59. The van der Waals surface area contributed by atoms with Crippen molar-refractivity contribution in [2.24, 2.45) is 0 Å². The lowest BCUT2D eigenvalue weighted by Crippen LogP contribution is -2.28. The molecule has 7 heteroatoms. The summed E-state index contributed by atoms with van der Waals surface area (Å²) in [4.78, 5) is 23.3. The third-order valence-electron chi connectivity index (χ3n) is 2.83. The van der Waals surface area contributed by atoms with Gasteiger partial charge in [0.25, 0.3) is 5.91 Å². The second-order valence-corrected chi connectivity index (χ2v) is 4.50. The molecule has 0 spiro atoms. The molecule has 22 heavy (non-hydrogen) atoms. The fourth-order valence-corrected chi connectivity index (χ4v) is 1.76. The van der Waals surface area contributed by atoms with Crippen molar-refractivity contribution in [1.82, 2.24) is 10.5 Å². The molecule has 2 aromatic rings. The number of esters is 1. The molecular weight excluding hydrogens is 288 g/mol. The molecule has 0 saturated carbocycles. The van der Waals surface area contributed by atoms with Crippen molar-refractivity contribution in [3.05, 3.63) is 47.3 Å². The van der Waals surface area contributed by atoms with E-state index in [0.717, 1.165) is 5.56 Å². The predicted octanol–water partition coefficient (Wildman–Crippen LogP) is 1.46. The van der Waals surface area contributed by atoms with E-state index in [2.05, 4.69) is 10.5 Å². The first-order chi connectivity index (χ1) is 10.6. The summed E-state index contributed by atoms with van der Waals surface area (Å²) in [6, 6.07) is 8.76. The van der Waals surface area contributed by atoms with E-state index in [4.69, 9.17) is 14.0 Å². The molecule has 7 nitrogen and oxygen atoms in total. The standard InChI is InChI=1S/C15H16N2O5/c1-10-7-13(22-17-10)15(19)21-9-14(18)16-8-11-5-3-4-6-12(11)20-2/h3-7H,8-9H2,1-2H3,(H,16,18). The zero-order chi connectivity index (χ0) is 15.9. The van der Waals surface area contributed by atoms with Gasteiger partial charge in [0.2, 0.25) is 5.76 Å². The summed E-state index contributed by atoms with van der Waals surface area (Å²) in [6.45, 7) is 1.57. The molecule has 2 rings (SSSR count). The molecule has 1 amide bonds. The van der Waals surface area contributed by atoms with Gasteiger partial charge in [-0.3, -0.25) is 4.79 Å². The van der Waals surface area contributed by atoms with Gasteiger partial charge in [-0.15, -0.1) is 0 Å². The highest BCUT2D eigenvalue weighted by Gasteiger charge is 2.15. The summed E-state index contributed by atoms with van der Waals surface area (Å²) in [6.07, 6.45) is 0. The molecule has 0 aliphatic heterocycles. The molecular formula is C15H16N2O5. The van der Waals surface area contributed by atoms with Crippen LogP contribution in [0.4, 0.5) is 0 Å². The van der Waals surface area contributed by atoms with Crippen LogP contribution in [0.1, 0.15) is 21.8 Å². The van der Waals surface area contributed by atoms with Gasteiger partial charge >= 0.3 is 5.97 Å². The van der Waals surface area contributed by atoms with Crippen LogP contribution >= 0.6 is 0 Å². The molecule has 1 heterocycles. The maximum Gasteiger partial charge on any atom is 0.377 e. The predicted molar refractivity (Wildman–Crippen MR) is 76.4 cm³/mol. The average Bonchev–Trinajstić information content (AvgIpc) is 2.97. The Bertz CT molecular complexity index is 665. The molecule has 0 unspecified atom stereocenters. The Morgan fingerprint density at radius 3 is 2.77 bits per heavy atom. The topological polar surface area (TPSA) is 90.7 Å². The first-order valence-corrected chi connectivity index (χ1v) is 6.59. The van der Waals surface area contributed by atoms with Gasteiger partial charge in [0.1, 0.15) is 5.75 Å². The summed E-state index contributed by atoms with van der Waals surface area (Å²) in [5.41, 5.74) is 1.39. The van der Waals surface area contributed by atoms with Crippen LogP contribution in [0.25, 0.3) is 0 Å². The van der Waals surface area contributed by atoms with Crippen molar-refractivity contribution < 1.29 is 23.6 Å². The minimum Gasteiger partial charge on any atom is -0.496 e. The van der Waals surface area contributed by atoms with E-state index >= 15 is 0 Å². The Kier molecular flexibility index (Phi) is 5.13. The summed E-state index contributed by atoms with van der Waals surface area (Å²) in [5, 5.41) is 6.21. The number of para-hydroxylation sites is 1. The molecule has 1 N–H and O–H groups in total. The summed E-state index contributed by atoms with van der Waals surface area (Å²) >= 11 is 0. The second kappa shape index (κ2) is 7.26. The minimum atomic E-state index is -0.729. The Morgan fingerprint density at radius 2 is 2.09 bits per heavy atom. The van der Waals surface area contributed by atoms with E-state index in [1.807, 2.05) is 18.2 Å². The SMILES string of the molecule is COc1ccccc1CNC(=O)COC(=O)c1cc(C)no1.